The van der Waals surface area contributed by atoms with Crippen molar-refractivity contribution in [3.63, 3.8) is 0 Å². The van der Waals surface area contributed by atoms with Crippen LogP contribution < -0.4 is 15.5 Å². The fourth-order valence-electron chi connectivity index (χ4n) is 1.76. The van der Waals surface area contributed by atoms with Crippen LogP contribution in [0.4, 0.5) is 10.1 Å². The fraction of sp³-hybridized carbons (Fsp3) is 0.455. The quantitative estimate of drug-likeness (QED) is 0.794. The van der Waals surface area contributed by atoms with Crippen molar-refractivity contribution in [2.75, 3.05) is 38.1 Å². The van der Waals surface area contributed by atoms with Crippen molar-refractivity contribution in [1.82, 2.24) is 15.6 Å². The Morgan fingerprint density at radius 1 is 1.47 bits per heavy atom. The molecule has 1 saturated heterocycles. The number of nitrogens with zero attached hydrogens (tertiary/aromatic N) is 2. The average molecular weight is 314 g/mol. The van der Waals surface area contributed by atoms with Crippen LogP contribution >= 0.6 is 24.8 Å². The fourth-order valence-corrected chi connectivity index (χ4v) is 1.76. The number of aromatic nitrogens is 1. The van der Waals surface area contributed by atoms with E-state index in [9.17, 15) is 9.18 Å². The number of halogens is 3. The first kappa shape index (κ1) is 12.9. The Bertz CT molecular complexity index is 513. The van der Waals surface area contributed by atoms with E-state index in [1.165, 1.54) is 12.1 Å². The van der Waals surface area contributed by atoms with Crippen molar-refractivity contribution < 1.29 is 13.3 Å². The summed E-state index contributed by atoms with van der Waals surface area (Å²) in [7, 11) is 0. The Balaban J connectivity index is 0.00000220. The number of rotatable bonds is 2. The average Bonchev–Trinajstić information content (AvgIpc) is 2.37. The molecule has 1 fully saturated rings. The van der Waals surface area contributed by atoms with Gasteiger partial charge in [0.2, 0.25) is 5.95 Å². The number of amides is 1. The Morgan fingerprint density at radius 2 is 2.16 bits per heavy atom. The number of hydrogen-bond acceptors (Lipinski definition) is 4. The van der Waals surface area contributed by atoms with E-state index < -0.39 is 18.8 Å². The summed E-state index contributed by atoms with van der Waals surface area (Å²) >= 11 is 0. The molecule has 2 heterocycles. The molecule has 0 saturated carbocycles. The lowest BCUT2D eigenvalue weighted by molar-refractivity contribution is 0.0957. The van der Waals surface area contributed by atoms with Crippen molar-refractivity contribution in [3.05, 3.63) is 23.8 Å². The van der Waals surface area contributed by atoms with Crippen molar-refractivity contribution >= 4 is 36.4 Å². The molecule has 8 heteroatoms. The van der Waals surface area contributed by atoms with Crippen LogP contribution in [0.3, 0.4) is 0 Å². The van der Waals surface area contributed by atoms with Crippen LogP contribution in [-0.2, 0) is 0 Å². The standard InChI is InChI=1S/C11H15FN4O.2ClH/c1-13-11(17)8-2-3-9(10(12)15-8)16-6-4-14-5-7-16;;/h2-3,14H,4-7H2,1H3,(H,13,17);2*1H/i1D3;;. The maximum atomic E-state index is 13.9. The summed E-state index contributed by atoms with van der Waals surface area (Å²) in [4.78, 5) is 16.9. The molecule has 1 aromatic rings. The molecule has 1 aliphatic rings. The SMILES string of the molecule is Cl.Cl.[2H]C([2H])([2H])NC(=O)c1ccc(N2CCNCC2)c(F)n1. The van der Waals surface area contributed by atoms with Crippen molar-refractivity contribution in [3.8, 4) is 0 Å². The summed E-state index contributed by atoms with van der Waals surface area (Å²) < 4.78 is 34.7. The van der Waals surface area contributed by atoms with E-state index in [4.69, 9.17) is 4.11 Å². The van der Waals surface area contributed by atoms with E-state index in [-0.39, 0.29) is 30.5 Å². The minimum absolute atomic E-state index is 0. The van der Waals surface area contributed by atoms with Gasteiger partial charge in [0.15, 0.2) is 0 Å². The molecule has 0 radical (unpaired) electrons. The second-order valence-electron chi connectivity index (χ2n) is 3.70. The lowest BCUT2D eigenvalue weighted by Gasteiger charge is -2.29. The molecule has 0 unspecified atom stereocenters. The zero-order valence-electron chi connectivity index (χ0n) is 13.0. The van der Waals surface area contributed by atoms with Crippen LogP contribution in [0.25, 0.3) is 0 Å². The molecule has 0 aromatic carbocycles. The number of hydrogen-bond donors (Lipinski definition) is 2. The molecule has 19 heavy (non-hydrogen) atoms. The molecular formula is C11H17Cl2FN4O. The van der Waals surface area contributed by atoms with Crippen molar-refractivity contribution in [2.45, 2.75) is 0 Å². The third-order valence-electron chi connectivity index (χ3n) is 2.63. The molecule has 2 rings (SSSR count). The number of pyridine rings is 1. The van der Waals surface area contributed by atoms with Gasteiger partial charge < -0.3 is 15.5 Å². The van der Waals surface area contributed by atoms with Gasteiger partial charge in [-0.05, 0) is 12.1 Å². The zero-order chi connectivity index (χ0) is 14.8. The Labute approximate surface area is 128 Å². The van der Waals surface area contributed by atoms with Gasteiger partial charge in [-0.1, -0.05) is 0 Å². The Hall–Kier alpha value is -1.11. The number of nitrogens with one attached hydrogen (secondary N) is 2. The van der Waals surface area contributed by atoms with E-state index in [1.54, 1.807) is 5.32 Å². The van der Waals surface area contributed by atoms with Crippen LogP contribution in [0.2, 0.25) is 0 Å². The van der Waals surface area contributed by atoms with E-state index in [0.717, 1.165) is 13.1 Å². The molecule has 1 aromatic heterocycles. The van der Waals surface area contributed by atoms with Crippen LogP contribution in [-0.4, -0.2) is 44.0 Å². The Morgan fingerprint density at radius 3 is 2.74 bits per heavy atom. The van der Waals surface area contributed by atoms with Crippen LogP contribution in [0.5, 0.6) is 0 Å². The second-order valence-corrected chi connectivity index (χ2v) is 3.70. The van der Waals surface area contributed by atoms with E-state index in [1.807, 2.05) is 4.90 Å². The van der Waals surface area contributed by atoms with Gasteiger partial charge in [-0.25, -0.2) is 4.98 Å². The van der Waals surface area contributed by atoms with Gasteiger partial charge in [0.25, 0.3) is 5.91 Å². The summed E-state index contributed by atoms with van der Waals surface area (Å²) in [6, 6.07) is 2.77. The highest BCUT2D eigenvalue weighted by Crippen LogP contribution is 2.18. The largest absolute Gasteiger partial charge is 0.365 e. The highest BCUT2D eigenvalue weighted by Gasteiger charge is 2.17. The first-order chi connectivity index (χ1) is 9.37. The topological polar surface area (TPSA) is 57.3 Å². The highest BCUT2D eigenvalue weighted by molar-refractivity contribution is 5.92. The lowest BCUT2D eigenvalue weighted by Crippen LogP contribution is -2.44. The summed E-state index contributed by atoms with van der Waals surface area (Å²) in [6.07, 6.45) is 0. The number of carbonyl (C=O) groups excluding carboxylic acids is 1. The third-order valence-corrected chi connectivity index (χ3v) is 2.63. The van der Waals surface area contributed by atoms with E-state index in [0.29, 0.717) is 18.8 Å². The molecule has 2 N–H and O–H groups in total. The van der Waals surface area contributed by atoms with Gasteiger partial charge in [-0.2, -0.15) is 4.39 Å². The van der Waals surface area contributed by atoms with Crippen LogP contribution in [0.1, 0.15) is 14.6 Å². The molecule has 1 amide bonds. The highest BCUT2D eigenvalue weighted by atomic mass is 35.5. The normalized spacial score (nSPS) is 17.1. The van der Waals surface area contributed by atoms with Gasteiger partial charge >= 0.3 is 0 Å². The predicted molar refractivity (Wildman–Crippen MR) is 77.2 cm³/mol. The van der Waals surface area contributed by atoms with Crippen molar-refractivity contribution in [1.29, 1.82) is 0 Å². The number of anilines is 1. The first-order valence-corrected chi connectivity index (χ1v) is 5.31. The molecule has 0 atom stereocenters. The van der Waals surface area contributed by atoms with Gasteiger partial charge in [-0.3, -0.25) is 4.79 Å². The molecule has 0 bridgehead atoms. The van der Waals surface area contributed by atoms with Gasteiger partial charge in [0.05, 0.1) is 5.69 Å². The minimum Gasteiger partial charge on any atom is -0.365 e. The minimum atomic E-state index is -2.62. The maximum absolute atomic E-state index is 13.9. The van der Waals surface area contributed by atoms with Crippen LogP contribution in [0, 0.1) is 5.95 Å². The third kappa shape index (κ3) is 4.19. The van der Waals surface area contributed by atoms with E-state index >= 15 is 0 Å². The van der Waals surface area contributed by atoms with Crippen LogP contribution in [0.15, 0.2) is 12.1 Å². The lowest BCUT2D eigenvalue weighted by atomic mass is 10.2. The summed E-state index contributed by atoms with van der Waals surface area (Å²) in [5.41, 5.74) is 0.0643. The van der Waals surface area contributed by atoms with Crippen molar-refractivity contribution in [2.24, 2.45) is 0 Å². The molecule has 5 nitrogen and oxygen atoms in total. The van der Waals surface area contributed by atoms with Gasteiger partial charge in [0.1, 0.15) is 5.69 Å². The summed E-state index contributed by atoms with van der Waals surface area (Å²) in [5.74, 6) is -1.69. The van der Waals surface area contributed by atoms with E-state index in [2.05, 4.69) is 10.3 Å². The maximum Gasteiger partial charge on any atom is 0.269 e. The molecule has 1 aliphatic heterocycles. The number of piperazine rings is 1. The smallest absolute Gasteiger partial charge is 0.269 e. The summed E-state index contributed by atoms with van der Waals surface area (Å²) in [6.45, 7) is 0.187. The Kier molecular flexibility index (Phi) is 5.53. The summed E-state index contributed by atoms with van der Waals surface area (Å²) in [5, 5.41) is 4.92. The van der Waals surface area contributed by atoms with Gasteiger partial charge in [-0.15, -0.1) is 24.8 Å². The molecule has 0 aliphatic carbocycles. The molecule has 108 valence electrons. The molecule has 0 spiro atoms. The predicted octanol–water partition coefficient (Wildman–Crippen LogP) is 0.833. The van der Waals surface area contributed by atoms with Gasteiger partial charge in [0, 0.05) is 37.3 Å². The second kappa shape index (κ2) is 8.14. The molecular weight excluding hydrogens is 294 g/mol. The first-order valence-electron chi connectivity index (χ1n) is 6.81. The number of carbonyl (C=O) groups is 1. The monoisotopic (exact) mass is 313 g/mol. The zero-order valence-corrected chi connectivity index (χ0v) is 11.6.